The van der Waals surface area contributed by atoms with Crippen molar-refractivity contribution in [2.75, 3.05) is 11.1 Å². The zero-order valence-electron chi connectivity index (χ0n) is 16.9. The van der Waals surface area contributed by atoms with E-state index in [-0.39, 0.29) is 59.1 Å². The first-order valence-corrected chi connectivity index (χ1v) is 9.33. The van der Waals surface area contributed by atoms with Gasteiger partial charge in [-0.15, -0.1) is 0 Å². The molecule has 14 heteroatoms. The van der Waals surface area contributed by atoms with Crippen molar-refractivity contribution < 1.29 is 41.7 Å². The number of fused-ring (bicyclic) bond motifs is 1. The monoisotopic (exact) mass is 497 g/mol. The average molecular weight is 497 g/mol. The van der Waals surface area contributed by atoms with E-state index in [1.807, 2.05) is 0 Å². The van der Waals surface area contributed by atoms with Crippen LogP contribution in [0.1, 0.15) is 28.9 Å². The number of rotatable bonds is 9. The van der Waals surface area contributed by atoms with Gasteiger partial charge in [0.1, 0.15) is 6.04 Å². The molecule has 0 saturated carbocycles. The molecule has 0 fully saturated rings. The molecule has 13 nitrogen and oxygen atoms in total. The molecule has 2 aromatic heterocycles. The Kier molecular flexibility index (Phi) is 8.42. The summed E-state index contributed by atoms with van der Waals surface area (Å²) in [5.41, 5.74) is 6.47. The molecule has 0 radical (unpaired) electrons. The minimum Gasteiger partial charge on any atom is -0.481 e. The Labute approximate surface area is 196 Å². The Morgan fingerprint density at radius 1 is 1.12 bits per heavy atom. The number of carbonyl (C=O) groups is 3. The minimum atomic E-state index is -1.31. The Morgan fingerprint density at radius 2 is 1.82 bits per heavy atom. The van der Waals surface area contributed by atoms with Crippen LogP contribution in [0, 0.1) is 0 Å². The second kappa shape index (κ2) is 11.0. The van der Waals surface area contributed by atoms with E-state index in [9.17, 15) is 19.2 Å². The smallest absolute Gasteiger partial charge is 0.326 e. The maximum absolute atomic E-state index is 12.3. The molecule has 33 heavy (non-hydrogen) atoms. The Morgan fingerprint density at radius 3 is 2.45 bits per heavy atom. The molecule has 0 aliphatic carbocycles. The fourth-order valence-electron chi connectivity index (χ4n) is 2.75. The fourth-order valence-corrected chi connectivity index (χ4v) is 2.75. The topological polar surface area (TPSA) is 213 Å². The standard InChI is InChI=1S/C19H19N7O6.Fe/c20-19-25-15-14(17(30)26-19)23-11(8-22-15)7-21-10-3-1-9(2-4-10)16(29)24-12(18(31)32)5-6-13(27)28;/h1-4,8,12,21H,5-7H2,(H,24,29)(H,27,28)(H,31,32)(H3,20,22,25,26,30);/t12-;/m0./s1. The summed E-state index contributed by atoms with van der Waals surface area (Å²) in [6, 6.07) is 4.86. The number of anilines is 2. The first-order chi connectivity index (χ1) is 15.2. The third-order valence-electron chi connectivity index (χ3n) is 4.36. The summed E-state index contributed by atoms with van der Waals surface area (Å²) in [5.74, 6) is -3.16. The number of aliphatic carboxylic acids is 2. The number of carboxylic acid groups (broad SMARTS) is 2. The summed E-state index contributed by atoms with van der Waals surface area (Å²) in [6.45, 7) is 0.231. The van der Waals surface area contributed by atoms with Crippen molar-refractivity contribution in [3.8, 4) is 0 Å². The van der Waals surface area contributed by atoms with Gasteiger partial charge in [-0.1, -0.05) is 0 Å². The predicted octanol–water partition coefficient (Wildman–Crippen LogP) is -0.0473. The van der Waals surface area contributed by atoms with Crippen LogP contribution in [-0.4, -0.2) is 54.0 Å². The fraction of sp³-hybridized carbons (Fsp3) is 0.211. The van der Waals surface area contributed by atoms with Crippen LogP contribution < -0.4 is 21.9 Å². The average Bonchev–Trinajstić information content (AvgIpc) is 2.75. The molecule has 0 spiro atoms. The number of nitrogens with zero attached hydrogens (tertiary/aromatic N) is 3. The number of nitrogens with two attached hydrogens (primary N) is 1. The molecule has 7 N–H and O–H groups in total. The molecule has 1 aromatic carbocycles. The maximum Gasteiger partial charge on any atom is 0.326 e. The van der Waals surface area contributed by atoms with Gasteiger partial charge < -0.3 is 26.6 Å². The van der Waals surface area contributed by atoms with Crippen molar-refractivity contribution in [2.45, 2.75) is 25.4 Å². The molecule has 0 aliphatic rings. The van der Waals surface area contributed by atoms with Gasteiger partial charge in [0.05, 0.1) is 18.4 Å². The summed E-state index contributed by atoms with van der Waals surface area (Å²) in [6.07, 6.45) is 0.840. The van der Waals surface area contributed by atoms with Gasteiger partial charge >= 0.3 is 11.9 Å². The van der Waals surface area contributed by atoms with Crippen LogP contribution in [0.4, 0.5) is 11.6 Å². The van der Waals surface area contributed by atoms with Gasteiger partial charge in [0, 0.05) is 34.7 Å². The number of amides is 1. The van der Waals surface area contributed by atoms with E-state index in [0.29, 0.717) is 11.4 Å². The zero-order chi connectivity index (χ0) is 23.3. The number of carboxylic acids is 2. The molecule has 0 unspecified atom stereocenters. The van der Waals surface area contributed by atoms with Gasteiger partial charge in [-0.25, -0.2) is 14.8 Å². The first kappa shape index (κ1) is 25.2. The predicted molar refractivity (Wildman–Crippen MR) is 112 cm³/mol. The molecule has 3 rings (SSSR count). The molecule has 1 atom stereocenters. The van der Waals surface area contributed by atoms with Gasteiger partial charge in [0.2, 0.25) is 5.95 Å². The van der Waals surface area contributed by atoms with Gasteiger partial charge in [0.25, 0.3) is 11.5 Å². The number of aromatic amines is 1. The molecule has 174 valence electrons. The number of nitrogens with one attached hydrogen (secondary N) is 3. The summed E-state index contributed by atoms with van der Waals surface area (Å²) >= 11 is 0. The second-order valence-corrected chi connectivity index (χ2v) is 6.71. The van der Waals surface area contributed by atoms with Crippen molar-refractivity contribution in [1.82, 2.24) is 25.3 Å². The third-order valence-corrected chi connectivity index (χ3v) is 4.36. The number of hydrogen-bond acceptors (Lipinski definition) is 9. The van der Waals surface area contributed by atoms with Crippen LogP contribution >= 0.6 is 0 Å². The molecular weight excluding hydrogens is 478 g/mol. The summed E-state index contributed by atoms with van der Waals surface area (Å²) < 4.78 is 0. The number of aromatic nitrogens is 4. The van der Waals surface area contributed by atoms with Gasteiger partial charge in [-0.3, -0.25) is 19.4 Å². The number of hydrogen-bond donors (Lipinski definition) is 6. The van der Waals surface area contributed by atoms with Crippen molar-refractivity contribution in [1.29, 1.82) is 0 Å². The van der Waals surface area contributed by atoms with Crippen molar-refractivity contribution in [3.63, 3.8) is 0 Å². The van der Waals surface area contributed by atoms with Gasteiger partial charge in [-0.2, -0.15) is 4.98 Å². The molecule has 2 heterocycles. The van der Waals surface area contributed by atoms with E-state index in [1.54, 1.807) is 12.1 Å². The van der Waals surface area contributed by atoms with Gasteiger partial charge in [0.15, 0.2) is 11.2 Å². The van der Waals surface area contributed by atoms with Crippen LogP contribution in [0.15, 0.2) is 35.3 Å². The number of benzene rings is 1. The molecule has 0 aliphatic heterocycles. The largest absolute Gasteiger partial charge is 0.481 e. The van der Waals surface area contributed by atoms with Crippen LogP contribution in [0.25, 0.3) is 11.2 Å². The zero-order valence-corrected chi connectivity index (χ0v) is 18.0. The SMILES string of the molecule is Nc1nc2ncc(CNc3ccc(C(=O)N[C@@H](CCC(=O)O)C(=O)O)cc3)nc2c(=O)[nH]1.[Fe]. The maximum atomic E-state index is 12.3. The number of carbonyl (C=O) groups excluding carboxylic acids is 1. The molecule has 1 amide bonds. The van der Waals surface area contributed by atoms with E-state index in [2.05, 4.69) is 30.6 Å². The third kappa shape index (κ3) is 6.72. The summed E-state index contributed by atoms with van der Waals surface area (Å²) in [7, 11) is 0. The van der Waals surface area contributed by atoms with Crippen LogP contribution in [0.3, 0.4) is 0 Å². The second-order valence-electron chi connectivity index (χ2n) is 6.71. The summed E-state index contributed by atoms with van der Waals surface area (Å²) in [5, 5.41) is 23.2. The van der Waals surface area contributed by atoms with E-state index in [4.69, 9.17) is 15.9 Å². The van der Waals surface area contributed by atoms with E-state index in [1.165, 1.54) is 18.3 Å². The molecule has 0 bridgehead atoms. The van der Waals surface area contributed by atoms with E-state index >= 15 is 0 Å². The first-order valence-electron chi connectivity index (χ1n) is 9.33. The van der Waals surface area contributed by atoms with Crippen molar-refractivity contribution in [3.05, 3.63) is 52.1 Å². The molecule has 0 saturated heterocycles. The molecular formula is C19H19FeN7O6. The minimum absolute atomic E-state index is 0. The Balaban J connectivity index is 0.00000385. The number of H-pyrrole nitrogens is 1. The van der Waals surface area contributed by atoms with Crippen molar-refractivity contribution >= 4 is 40.6 Å². The number of nitrogen functional groups attached to an aromatic ring is 1. The molecule has 3 aromatic rings. The Bertz CT molecular complexity index is 1230. The van der Waals surface area contributed by atoms with E-state index in [0.717, 1.165) is 0 Å². The van der Waals surface area contributed by atoms with Crippen LogP contribution in [0.2, 0.25) is 0 Å². The quantitative estimate of drug-likeness (QED) is 0.216. The van der Waals surface area contributed by atoms with Crippen molar-refractivity contribution in [2.24, 2.45) is 0 Å². The van der Waals surface area contributed by atoms with Crippen LogP contribution in [0.5, 0.6) is 0 Å². The van der Waals surface area contributed by atoms with Crippen LogP contribution in [-0.2, 0) is 33.2 Å². The normalized spacial score (nSPS) is 11.3. The van der Waals surface area contributed by atoms with E-state index < -0.39 is 29.4 Å². The Hall–Kier alpha value is -4.03. The van der Waals surface area contributed by atoms with Gasteiger partial charge in [-0.05, 0) is 30.7 Å². The summed E-state index contributed by atoms with van der Waals surface area (Å²) in [4.78, 5) is 60.6.